The van der Waals surface area contributed by atoms with Crippen molar-refractivity contribution in [1.29, 1.82) is 0 Å². The fourth-order valence-corrected chi connectivity index (χ4v) is 3.98. The molecule has 28 heavy (non-hydrogen) atoms. The summed E-state index contributed by atoms with van der Waals surface area (Å²) in [6, 6.07) is 25.5. The highest BCUT2D eigenvalue weighted by Crippen LogP contribution is 2.31. The number of para-hydroxylation sites is 1. The van der Waals surface area contributed by atoms with Gasteiger partial charge in [0, 0.05) is 10.8 Å². The number of ether oxygens (including phenoxy) is 1. The van der Waals surface area contributed by atoms with Crippen molar-refractivity contribution < 1.29 is 18.3 Å². The fraction of sp³-hybridized carbons (Fsp3) is 0. The van der Waals surface area contributed by atoms with Crippen LogP contribution in [0.15, 0.2) is 95.9 Å². The molecule has 4 aromatic rings. The monoisotopic (exact) mass is 391 g/mol. The first kappa shape index (κ1) is 17.9. The van der Waals surface area contributed by atoms with E-state index in [1.54, 1.807) is 48.5 Å². The molecule has 0 aromatic heterocycles. The summed E-state index contributed by atoms with van der Waals surface area (Å²) in [6.45, 7) is 0. The summed E-state index contributed by atoms with van der Waals surface area (Å²) in [4.78, 5) is 0.116. The van der Waals surface area contributed by atoms with E-state index in [-0.39, 0.29) is 10.6 Å². The van der Waals surface area contributed by atoms with E-state index >= 15 is 0 Å². The smallest absolute Gasteiger partial charge is 0.261 e. The van der Waals surface area contributed by atoms with Gasteiger partial charge >= 0.3 is 0 Å². The topological polar surface area (TPSA) is 75.6 Å². The summed E-state index contributed by atoms with van der Waals surface area (Å²) in [5.41, 5.74) is 0.401. The van der Waals surface area contributed by atoms with Gasteiger partial charge in [-0.1, -0.05) is 42.5 Å². The maximum Gasteiger partial charge on any atom is 0.261 e. The molecule has 0 aliphatic carbocycles. The molecule has 0 saturated heterocycles. The van der Waals surface area contributed by atoms with Crippen LogP contribution < -0.4 is 9.46 Å². The van der Waals surface area contributed by atoms with Crippen LogP contribution in [0, 0.1) is 0 Å². The van der Waals surface area contributed by atoms with Crippen molar-refractivity contribution in [2.75, 3.05) is 4.72 Å². The van der Waals surface area contributed by atoms with Gasteiger partial charge < -0.3 is 9.84 Å². The molecule has 0 bridgehead atoms. The van der Waals surface area contributed by atoms with Crippen molar-refractivity contribution in [3.8, 4) is 17.2 Å². The van der Waals surface area contributed by atoms with E-state index in [4.69, 9.17) is 4.74 Å². The molecular weight excluding hydrogens is 374 g/mol. The first-order valence-electron chi connectivity index (χ1n) is 8.59. The molecule has 0 saturated carbocycles. The molecule has 0 spiro atoms. The van der Waals surface area contributed by atoms with Crippen LogP contribution in [0.1, 0.15) is 0 Å². The molecule has 140 valence electrons. The largest absolute Gasteiger partial charge is 0.507 e. The second kappa shape index (κ2) is 7.25. The lowest BCUT2D eigenvalue weighted by atomic mass is 10.1. The zero-order valence-corrected chi connectivity index (χ0v) is 15.6. The van der Waals surface area contributed by atoms with Gasteiger partial charge in [0.2, 0.25) is 0 Å². The van der Waals surface area contributed by atoms with E-state index in [9.17, 15) is 13.5 Å². The van der Waals surface area contributed by atoms with Gasteiger partial charge in [0.25, 0.3) is 10.0 Å². The number of nitrogens with one attached hydrogen (secondary N) is 1. The van der Waals surface area contributed by atoms with Crippen molar-refractivity contribution >= 4 is 26.5 Å². The zero-order chi connectivity index (χ0) is 19.6. The minimum atomic E-state index is -3.79. The van der Waals surface area contributed by atoms with Crippen molar-refractivity contribution in [2.45, 2.75) is 4.90 Å². The standard InChI is InChI=1S/C22H17NO4S/c24-22-11-5-8-19-20(22)9-4-10-21(19)23-28(25,26)18-14-12-17(13-15-18)27-16-6-2-1-3-7-16/h1-15,23-24H. The Labute approximate surface area is 162 Å². The summed E-state index contributed by atoms with van der Waals surface area (Å²) in [7, 11) is -3.79. The third kappa shape index (κ3) is 3.63. The Bertz CT molecular complexity index is 1220. The number of hydrogen-bond donors (Lipinski definition) is 2. The average molecular weight is 391 g/mol. The van der Waals surface area contributed by atoms with Crippen LogP contribution >= 0.6 is 0 Å². The van der Waals surface area contributed by atoms with Crippen LogP contribution in [0.5, 0.6) is 17.2 Å². The third-order valence-electron chi connectivity index (χ3n) is 4.26. The second-order valence-electron chi connectivity index (χ2n) is 6.17. The molecule has 0 atom stereocenters. The van der Waals surface area contributed by atoms with Gasteiger partial charge in [-0.05, 0) is 48.5 Å². The van der Waals surface area contributed by atoms with E-state index < -0.39 is 10.0 Å². The minimum Gasteiger partial charge on any atom is -0.507 e. The van der Waals surface area contributed by atoms with Crippen molar-refractivity contribution in [3.63, 3.8) is 0 Å². The number of benzene rings is 4. The summed E-state index contributed by atoms with van der Waals surface area (Å²) < 4.78 is 33.9. The van der Waals surface area contributed by atoms with Crippen molar-refractivity contribution in [1.82, 2.24) is 0 Å². The van der Waals surface area contributed by atoms with Crippen LogP contribution in [0.25, 0.3) is 10.8 Å². The lowest BCUT2D eigenvalue weighted by molar-refractivity contribution is 0.481. The number of phenolic OH excluding ortho intramolecular Hbond substituents is 1. The Balaban J connectivity index is 1.60. The van der Waals surface area contributed by atoms with Gasteiger partial charge in [-0.25, -0.2) is 8.42 Å². The molecule has 0 fully saturated rings. The van der Waals surface area contributed by atoms with Gasteiger partial charge in [0.15, 0.2) is 0 Å². The minimum absolute atomic E-state index is 0.0981. The quantitative estimate of drug-likeness (QED) is 0.494. The van der Waals surface area contributed by atoms with Crippen LogP contribution in [0.3, 0.4) is 0 Å². The molecule has 0 aliphatic heterocycles. The van der Waals surface area contributed by atoms with Gasteiger partial charge in [-0.15, -0.1) is 0 Å². The second-order valence-corrected chi connectivity index (χ2v) is 7.85. The fourth-order valence-electron chi connectivity index (χ4n) is 2.90. The van der Waals surface area contributed by atoms with Gasteiger partial charge in [0.1, 0.15) is 17.2 Å². The van der Waals surface area contributed by atoms with E-state index in [2.05, 4.69) is 4.72 Å². The van der Waals surface area contributed by atoms with Crippen molar-refractivity contribution in [3.05, 3.63) is 91.0 Å². The highest BCUT2D eigenvalue weighted by molar-refractivity contribution is 7.92. The predicted molar refractivity (Wildman–Crippen MR) is 109 cm³/mol. The highest BCUT2D eigenvalue weighted by Gasteiger charge is 2.16. The Morgan fingerprint density at radius 1 is 0.679 bits per heavy atom. The molecule has 0 unspecified atom stereocenters. The maximum atomic E-state index is 12.8. The summed E-state index contributed by atoms with van der Waals surface area (Å²) in [5, 5.41) is 11.2. The van der Waals surface area contributed by atoms with Gasteiger partial charge in [-0.2, -0.15) is 0 Å². The lowest BCUT2D eigenvalue weighted by Crippen LogP contribution is -2.13. The molecular formula is C22H17NO4S. The predicted octanol–water partition coefficient (Wildman–Crippen LogP) is 5.14. The molecule has 0 aliphatic rings. The summed E-state index contributed by atoms with van der Waals surface area (Å²) >= 11 is 0. The maximum absolute atomic E-state index is 12.8. The Morgan fingerprint density at radius 2 is 1.32 bits per heavy atom. The van der Waals surface area contributed by atoms with E-state index in [0.717, 1.165) is 0 Å². The number of fused-ring (bicyclic) bond motifs is 1. The van der Waals surface area contributed by atoms with Crippen LogP contribution in [0.2, 0.25) is 0 Å². The first-order chi connectivity index (χ1) is 13.5. The normalized spacial score (nSPS) is 11.3. The molecule has 0 amide bonds. The van der Waals surface area contributed by atoms with Crippen molar-refractivity contribution in [2.24, 2.45) is 0 Å². The number of phenols is 1. The first-order valence-corrected chi connectivity index (χ1v) is 10.1. The Hall–Kier alpha value is -3.51. The number of anilines is 1. The van der Waals surface area contributed by atoms with E-state index in [0.29, 0.717) is 28.0 Å². The molecule has 0 heterocycles. The van der Waals surface area contributed by atoms with E-state index in [1.807, 2.05) is 30.3 Å². The number of aromatic hydroxyl groups is 1. The van der Waals surface area contributed by atoms with Crippen LogP contribution in [-0.4, -0.2) is 13.5 Å². The molecule has 2 N–H and O–H groups in total. The SMILES string of the molecule is O=S(=O)(Nc1cccc2c(O)cccc12)c1ccc(Oc2ccccc2)cc1. The number of rotatable bonds is 5. The van der Waals surface area contributed by atoms with Gasteiger partial charge in [0.05, 0.1) is 10.6 Å². The summed E-state index contributed by atoms with van der Waals surface area (Å²) in [5.74, 6) is 1.31. The number of hydrogen-bond acceptors (Lipinski definition) is 4. The molecule has 4 aromatic carbocycles. The number of sulfonamides is 1. The van der Waals surface area contributed by atoms with E-state index in [1.165, 1.54) is 12.1 Å². The lowest BCUT2D eigenvalue weighted by Gasteiger charge is -2.12. The Kier molecular flexibility index (Phi) is 4.63. The molecule has 0 radical (unpaired) electrons. The molecule has 4 rings (SSSR count). The highest BCUT2D eigenvalue weighted by atomic mass is 32.2. The molecule has 5 nitrogen and oxygen atoms in total. The molecule has 6 heteroatoms. The van der Waals surface area contributed by atoms with Crippen LogP contribution in [0.4, 0.5) is 5.69 Å². The average Bonchev–Trinajstić information content (AvgIpc) is 2.70. The zero-order valence-electron chi connectivity index (χ0n) is 14.7. The summed E-state index contributed by atoms with van der Waals surface area (Å²) in [6.07, 6.45) is 0. The third-order valence-corrected chi connectivity index (χ3v) is 5.64. The Morgan fingerprint density at radius 3 is 2.07 bits per heavy atom. The van der Waals surface area contributed by atoms with Gasteiger partial charge in [-0.3, -0.25) is 4.72 Å². The van der Waals surface area contributed by atoms with Crippen LogP contribution in [-0.2, 0) is 10.0 Å².